The van der Waals surface area contributed by atoms with Gasteiger partial charge >= 0.3 is 0 Å². The van der Waals surface area contributed by atoms with Crippen LogP contribution in [0.25, 0.3) is 0 Å². The first-order valence-corrected chi connectivity index (χ1v) is 8.28. The molecule has 0 aliphatic heterocycles. The van der Waals surface area contributed by atoms with Crippen molar-refractivity contribution in [2.45, 2.75) is 65.1 Å². The highest BCUT2D eigenvalue weighted by Crippen LogP contribution is 2.41. The first kappa shape index (κ1) is 16.4. The normalized spacial score (nSPS) is 27.0. The fourth-order valence-corrected chi connectivity index (χ4v) is 3.57. The molecule has 0 saturated heterocycles. The van der Waals surface area contributed by atoms with Gasteiger partial charge in [-0.15, -0.1) is 0 Å². The Morgan fingerprint density at radius 3 is 2.76 bits per heavy atom. The molecule has 3 unspecified atom stereocenters. The van der Waals surface area contributed by atoms with Crippen LogP contribution in [0.4, 0.5) is 0 Å². The lowest BCUT2D eigenvalue weighted by atomic mass is 9.67. The Bertz CT molecular complexity index is 429. The average molecular weight is 289 g/mol. The van der Waals surface area contributed by atoms with Crippen LogP contribution in [0.3, 0.4) is 0 Å². The molecule has 1 aromatic rings. The van der Waals surface area contributed by atoms with Crippen LogP contribution in [0, 0.1) is 11.3 Å². The molecule has 118 valence electrons. The summed E-state index contributed by atoms with van der Waals surface area (Å²) in [5.74, 6) is 0.781. The molecule has 0 bridgehead atoms. The predicted molar refractivity (Wildman–Crippen MR) is 88.9 cm³/mol. The summed E-state index contributed by atoms with van der Waals surface area (Å²) in [6, 6.07) is 4.93. The Labute approximate surface area is 129 Å². The van der Waals surface area contributed by atoms with E-state index in [1.165, 1.54) is 24.8 Å². The minimum Gasteiger partial charge on any atom is -0.326 e. The average Bonchev–Trinajstić information content (AvgIpc) is 2.48. The molecule has 3 heteroatoms. The van der Waals surface area contributed by atoms with Gasteiger partial charge in [-0.05, 0) is 49.3 Å². The molecule has 1 aromatic heterocycles. The van der Waals surface area contributed by atoms with E-state index in [0.29, 0.717) is 17.5 Å². The van der Waals surface area contributed by atoms with E-state index in [0.717, 1.165) is 18.9 Å². The second kappa shape index (κ2) is 6.89. The lowest BCUT2D eigenvalue weighted by Gasteiger charge is -2.45. The van der Waals surface area contributed by atoms with E-state index in [4.69, 9.17) is 5.73 Å². The van der Waals surface area contributed by atoms with Gasteiger partial charge in [0.05, 0.1) is 0 Å². The molecule has 3 atom stereocenters. The van der Waals surface area contributed by atoms with Crippen LogP contribution >= 0.6 is 0 Å². The second-order valence-electron chi connectivity index (χ2n) is 7.36. The molecular formula is C18H31N3. The van der Waals surface area contributed by atoms with Gasteiger partial charge in [-0.1, -0.05) is 33.3 Å². The summed E-state index contributed by atoms with van der Waals surface area (Å²) in [5.41, 5.74) is 8.12. The molecule has 0 spiro atoms. The first-order valence-electron chi connectivity index (χ1n) is 8.28. The molecule has 1 aliphatic rings. The van der Waals surface area contributed by atoms with E-state index < -0.39 is 0 Å². The van der Waals surface area contributed by atoms with Crippen LogP contribution in [0.1, 0.15) is 52.0 Å². The van der Waals surface area contributed by atoms with E-state index in [2.05, 4.69) is 43.8 Å². The fraction of sp³-hybridized carbons (Fsp3) is 0.722. The largest absolute Gasteiger partial charge is 0.326 e. The lowest BCUT2D eigenvalue weighted by Crippen LogP contribution is -2.51. The van der Waals surface area contributed by atoms with Crippen molar-refractivity contribution >= 4 is 0 Å². The highest BCUT2D eigenvalue weighted by Gasteiger charge is 2.37. The number of likely N-dealkylation sites (N-methyl/N-ethyl adjacent to an activating group) is 1. The third-order valence-corrected chi connectivity index (χ3v) is 5.61. The molecule has 0 amide bonds. The molecule has 1 aliphatic carbocycles. The topological polar surface area (TPSA) is 42.1 Å². The Hall–Kier alpha value is -0.930. The molecule has 1 heterocycles. The Morgan fingerprint density at radius 2 is 2.14 bits per heavy atom. The molecule has 0 aromatic carbocycles. The Balaban J connectivity index is 2.02. The number of nitrogens with two attached hydrogens (primary N) is 1. The van der Waals surface area contributed by atoms with Crippen molar-refractivity contribution in [3.8, 4) is 0 Å². The van der Waals surface area contributed by atoms with Crippen LogP contribution in [0.15, 0.2) is 24.5 Å². The van der Waals surface area contributed by atoms with Gasteiger partial charge in [-0.3, -0.25) is 9.88 Å². The SMILES string of the molecule is CCC(C)(C)C1CCC(N)C(N(C)Cc2cccnc2)C1. The molecule has 21 heavy (non-hydrogen) atoms. The Kier molecular flexibility index (Phi) is 5.39. The standard InChI is InChI=1S/C18H31N3/c1-5-18(2,3)15-8-9-16(19)17(11-15)21(4)13-14-7-6-10-20-12-14/h6-7,10,12,15-17H,5,8-9,11,13,19H2,1-4H3. The van der Waals surface area contributed by atoms with Crippen molar-refractivity contribution in [1.29, 1.82) is 0 Å². The van der Waals surface area contributed by atoms with Crippen LogP contribution < -0.4 is 5.73 Å². The third-order valence-electron chi connectivity index (χ3n) is 5.61. The Morgan fingerprint density at radius 1 is 1.38 bits per heavy atom. The number of hydrogen-bond acceptors (Lipinski definition) is 3. The van der Waals surface area contributed by atoms with Gasteiger partial charge in [0.25, 0.3) is 0 Å². The van der Waals surface area contributed by atoms with E-state index >= 15 is 0 Å². The van der Waals surface area contributed by atoms with Crippen molar-refractivity contribution < 1.29 is 0 Å². The molecule has 0 radical (unpaired) electrons. The monoisotopic (exact) mass is 289 g/mol. The summed E-state index contributed by atoms with van der Waals surface area (Å²) in [6.07, 6.45) is 8.67. The van der Waals surface area contributed by atoms with Crippen molar-refractivity contribution in [3.05, 3.63) is 30.1 Å². The minimum atomic E-state index is 0.301. The van der Waals surface area contributed by atoms with Gasteiger partial charge < -0.3 is 5.73 Å². The minimum absolute atomic E-state index is 0.301. The smallest absolute Gasteiger partial charge is 0.0312 e. The lowest BCUT2D eigenvalue weighted by molar-refractivity contribution is 0.0696. The molecule has 3 nitrogen and oxygen atoms in total. The summed E-state index contributed by atoms with van der Waals surface area (Å²) < 4.78 is 0. The van der Waals surface area contributed by atoms with Gasteiger partial charge in [-0.25, -0.2) is 0 Å². The maximum atomic E-state index is 6.42. The quantitative estimate of drug-likeness (QED) is 0.903. The summed E-state index contributed by atoms with van der Waals surface area (Å²) >= 11 is 0. The van der Waals surface area contributed by atoms with E-state index in [1.807, 2.05) is 18.5 Å². The zero-order valence-corrected chi connectivity index (χ0v) is 14.0. The summed E-state index contributed by atoms with van der Waals surface area (Å²) in [6.45, 7) is 8.06. The maximum Gasteiger partial charge on any atom is 0.0312 e. The number of rotatable bonds is 5. The highest BCUT2D eigenvalue weighted by molar-refractivity contribution is 5.08. The van der Waals surface area contributed by atoms with E-state index in [-0.39, 0.29) is 0 Å². The van der Waals surface area contributed by atoms with E-state index in [9.17, 15) is 0 Å². The van der Waals surface area contributed by atoms with Crippen molar-refractivity contribution in [3.63, 3.8) is 0 Å². The van der Waals surface area contributed by atoms with Crippen LogP contribution in [0.5, 0.6) is 0 Å². The third kappa shape index (κ3) is 4.04. The number of nitrogens with zero attached hydrogens (tertiary/aromatic N) is 2. The van der Waals surface area contributed by atoms with Crippen molar-refractivity contribution in [2.75, 3.05) is 7.05 Å². The summed E-state index contributed by atoms with van der Waals surface area (Å²) in [5, 5.41) is 0. The van der Waals surface area contributed by atoms with Gasteiger partial charge in [0.15, 0.2) is 0 Å². The second-order valence-corrected chi connectivity index (χ2v) is 7.36. The number of pyridine rings is 1. The number of aromatic nitrogens is 1. The zero-order chi connectivity index (χ0) is 15.5. The number of hydrogen-bond donors (Lipinski definition) is 1. The van der Waals surface area contributed by atoms with Gasteiger partial charge in [0.2, 0.25) is 0 Å². The molecular weight excluding hydrogens is 258 g/mol. The predicted octanol–water partition coefficient (Wildman–Crippen LogP) is 3.45. The summed E-state index contributed by atoms with van der Waals surface area (Å²) in [4.78, 5) is 6.64. The van der Waals surface area contributed by atoms with E-state index in [1.54, 1.807) is 0 Å². The van der Waals surface area contributed by atoms with Crippen LogP contribution in [-0.4, -0.2) is 29.0 Å². The molecule has 1 fully saturated rings. The van der Waals surface area contributed by atoms with Crippen molar-refractivity contribution in [2.24, 2.45) is 17.1 Å². The van der Waals surface area contributed by atoms with Crippen LogP contribution in [-0.2, 0) is 6.54 Å². The van der Waals surface area contributed by atoms with Gasteiger partial charge in [0.1, 0.15) is 0 Å². The fourth-order valence-electron chi connectivity index (χ4n) is 3.57. The highest BCUT2D eigenvalue weighted by atomic mass is 15.1. The summed E-state index contributed by atoms with van der Waals surface area (Å²) in [7, 11) is 2.21. The zero-order valence-electron chi connectivity index (χ0n) is 14.0. The molecule has 1 saturated carbocycles. The van der Waals surface area contributed by atoms with Gasteiger partial charge in [-0.2, -0.15) is 0 Å². The molecule has 2 rings (SSSR count). The van der Waals surface area contributed by atoms with Crippen LogP contribution in [0.2, 0.25) is 0 Å². The van der Waals surface area contributed by atoms with Crippen molar-refractivity contribution in [1.82, 2.24) is 9.88 Å². The molecule has 2 N–H and O–H groups in total. The maximum absolute atomic E-state index is 6.42. The first-order chi connectivity index (χ1) is 9.94. The van der Waals surface area contributed by atoms with Gasteiger partial charge in [0, 0.05) is 31.0 Å².